The van der Waals surface area contributed by atoms with Crippen molar-refractivity contribution >= 4 is 17.2 Å². The predicted octanol–water partition coefficient (Wildman–Crippen LogP) is 3.42. The number of likely N-dealkylation sites (tertiary alicyclic amines) is 1. The predicted molar refractivity (Wildman–Crippen MR) is 104 cm³/mol. The number of nitrogens with zero attached hydrogens (tertiary/aromatic N) is 4. The molecule has 1 atom stereocenters. The van der Waals surface area contributed by atoms with Gasteiger partial charge in [-0.2, -0.15) is 0 Å². The molecule has 3 aromatic rings. The summed E-state index contributed by atoms with van der Waals surface area (Å²) in [6.07, 6.45) is 5.71. The van der Waals surface area contributed by atoms with E-state index < -0.39 is 0 Å². The van der Waals surface area contributed by atoms with Crippen molar-refractivity contribution in [2.45, 2.75) is 32.2 Å². The van der Waals surface area contributed by atoms with Crippen LogP contribution in [0.15, 0.2) is 41.5 Å². The van der Waals surface area contributed by atoms with Crippen LogP contribution in [0.4, 0.5) is 0 Å². The lowest BCUT2D eigenvalue weighted by molar-refractivity contribution is 0.0700. The van der Waals surface area contributed by atoms with Gasteiger partial charge in [-0.3, -0.25) is 4.79 Å². The van der Waals surface area contributed by atoms with E-state index in [0.717, 1.165) is 29.9 Å². The Hall–Kier alpha value is -2.67. The van der Waals surface area contributed by atoms with E-state index in [4.69, 9.17) is 0 Å². The quantitative estimate of drug-likeness (QED) is 0.750. The van der Waals surface area contributed by atoms with Gasteiger partial charge >= 0.3 is 0 Å². The first kappa shape index (κ1) is 17.7. The van der Waals surface area contributed by atoms with Crippen LogP contribution in [-0.2, 0) is 6.54 Å². The normalized spacial score (nSPS) is 17.2. The smallest absolute Gasteiger partial charge is 0.257 e. The summed E-state index contributed by atoms with van der Waals surface area (Å²) in [6, 6.07) is 5.15. The van der Waals surface area contributed by atoms with Crippen LogP contribution in [0.5, 0.6) is 5.75 Å². The number of rotatable bonds is 4. The van der Waals surface area contributed by atoms with E-state index in [9.17, 15) is 9.90 Å². The lowest BCUT2D eigenvalue weighted by Crippen LogP contribution is -2.39. The molecule has 1 saturated heterocycles. The Morgan fingerprint density at radius 1 is 1.37 bits per heavy atom. The number of aromatic hydroxyl groups is 1. The zero-order valence-corrected chi connectivity index (χ0v) is 16.0. The molecule has 0 radical (unpaired) electrons. The summed E-state index contributed by atoms with van der Waals surface area (Å²) in [5, 5.41) is 12.1. The Balaban J connectivity index is 1.53. The first-order valence-electron chi connectivity index (χ1n) is 9.09. The summed E-state index contributed by atoms with van der Waals surface area (Å²) in [4.78, 5) is 23.7. The monoisotopic (exact) mass is 382 g/mol. The van der Waals surface area contributed by atoms with Crippen LogP contribution >= 0.6 is 11.3 Å². The number of hydrogen-bond donors (Lipinski definition) is 1. The van der Waals surface area contributed by atoms with Crippen molar-refractivity contribution in [3.05, 3.63) is 64.1 Å². The third-order valence-corrected chi connectivity index (χ3v) is 5.65. The van der Waals surface area contributed by atoms with Crippen LogP contribution in [-0.4, -0.2) is 43.5 Å². The fraction of sp³-hybridized carbons (Fsp3) is 0.350. The maximum Gasteiger partial charge on any atom is 0.257 e. The topological polar surface area (TPSA) is 71.2 Å². The van der Waals surface area contributed by atoms with Crippen molar-refractivity contribution < 1.29 is 9.90 Å². The third-order valence-electron chi connectivity index (χ3n) is 5.02. The minimum absolute atomic E-state index is 0.0396. The van der Waals surface area contributed by atoms with Gasteiger partial charge in [-0.05, 0) is 31.9 Å². The van der Waals surface area contributed by atoms with E-state index in [2.05, 4.69) is 14.5 Å². The van der Waals surface area contributed by atoms with Crippen molar-refractivity contribution in [1.82, 2.24) is 19.4 Å². The summed E-state index contributed by atoms with van der Waals surface area (Å²) in [7, 11) is 0. The standard InChI is InChI=1S/C20H22N4O2S/c1-14-4-5-18(25)17(9-14)20(26)24-7-2-3-15(10-24)19-21-6-8-23(19)11-16-12-27-13-22-16/h4-6,8-9,12-13,15,25H,2-3,7,10-11H2,1H3/t15-/m0/s1. The molecule has 1 aromatic carbocycles. The van der Waals surface area contributed by atoms with Gasteiger partial charge in [-0.1, -0.05) is 11.6 Å². The molecule has 1 N–H and O–H groups in total. The molecule has 7 heteroatoms. The Morgan fingerprint density at radius 3 is 3.07 bits per heavy atom. The van der Waals surface area contributed by atoms with Gasteiger partial charge in [-0.15, -0.1) is 11.3 Å². The molecular weight excluding hydrogens is 360 g/mol. The van der Waals surface area contributed by atoms with E-state index in [0.29, 0.717) is 25.2 Å². The van der Waals surface area contributed by atoms with Crippen molar-refractivity contribution in [3.8, 4) is 5.75 Å². The molecule has 1 aliphatic heterocycles. The van der Waals surface area contributed by atoms with Gasteiger partial charge in [-0.25, -0.2) is 9.97 Å². The van der Waals surface area contributed by atoms with Crippen LogP contribution in [0.3, 0.4) is 0 Å². The number of piperidine rings is 1. The van der Waals surface area contributed by atoms with E-state index >= 15 is 0 Å². The highest BCUT2D eigenvalue weighted by Crippen LogP contribution is 2.29. The molecule has 1 fully saturated rings. The van der Waals surface area contributed by atoms with Crippen molar-refractivity contribution in [1.29, 1.82) is 0 Å². The molecule has 1 aliphatic rings. The summed E-state index contributed by atoms with van der Waals surface area (Å²) < 4.78 is 2.12. The molecule has 0 aliphatic carbocycles. The number of carbonyl (C=O) groups excluding carboxylic acids is 1. The number of aryl methyl sites for hydroxylation is 1. The maximum absolute atomic E-state index is 13.0. The maximum atomic E-state index is 13.0. The van der Waals surface area contributed by atoms with Gasteiger partial charge in [0.15, 0.2) is 0 Å². The molecule has 4 rings (SSSR count). The van der Waals surface area contributed by atoms with Crippen molar-refractivity contribution in [2.75, 3.05) is 13.1 Å². The lowest BCUT2D eigenvalue weighted by Gasteiger charge is -2.33. The van der Waals surface area contributed by atoms with Crippen LogP contribution in [0.1, 0.15) is 46.2 Å². The molecule has 2 aromatic heterocycles. The molecule has 1 amide bonds. The Kier molecular flexibility index (Phi) is 4.94. The third kappa shape index (κ3) is 3.73. The first-order chi connectivity index (χ1) is 13.1. The molecule has 0 unspecified atom stereocenters. The Labute approximate surface area is 162 Å². The fourth-order valence-corrected chi connectivity index (χ4v) is 4.22. The summed E-state index contributed by atoms with van der Waals surface area (Å²) in [5.41, 5.74) is 4.19. The fourth-order valence-electron chi connectivity index (χ4n) is 3.67. The average molecular weight is 382 g/mol. The average Bonchev–Trinajstić information content (AvgIpc) is 3.36. The Bertz CT molecular complexity index is 935. The molecule has 0 bridgehead atoms. The molecule has 6 nitrogen and oxygen atoms in total. The van der Waals surface area contributed by atoms with Crippen molar-refractivity contribution in [3.63, 3.8) is 0 Å². The van der Waals surface area contributed by atoms with Crippen LogP contribution in [0.25, 0.3) is 0 Å². The second-order valence-corrected chi connectivity index (χ2v) is 7.72. The number of thiazole rings is 1. The second-order valence-electron chi connectivity index (χ2n) is 7.00. The highest BCUT2D eigenvalue weighted by Gasteiger charge is 2.29. The molecule has 0 saturated carbocycles. The number of carbonyl (C=O) groups is 1. The molecule has 0 spiro atoms. The van der Waals surface area contributed by atoms with Crippen LogP contribution in [0.2, 0.25) is 0 Å². The summed E-state index contributed by atoms with van der Waals surface area (Å²) >= 11 is 1.59. The first-order valence-corrected chi connectivity index (χ1v) is 10.0. The number of hydrogen-bond acceptors (Lipinski definition) is 5. The zero-order chi connectivity index (χ0) is 18.8. The SMILES string of the molecule is Cc1ccc(O)c(C(=O)N2CCC[C@H](c3nccn3Cc3cscn3)C2)c1. The number of aromatic nitrogens is 3. The van der Waals surface area contributed by atoms with E-state index in [-0.39, 0.29) is 17.6 Å². The largest absolute Gasteiger partial charge is 0.507 e. The van der Waals surface area contributed by atoms with Crippen LogP contribution < -0.4 is 0 Å². The number of benzene rings is 1. The van der Waals surface area contributed by atoms with E-state index in [1.807, 2.05) is 35.1 Å². The van der Waals surface area contributed by atoms with E-state index in [1.54, 1.807) is 29.5 Å². The zero-order valence-electron chi connectivity index (χ0n) is 15.2. The highest BCUT2D eigenvalue weighted by atomic mass is 32.1. The number of amides is 1. The van der Waals surface area contributed by atoms with Gasteiger partial charge in [0.1, 0.15) is 11.6 Å². The van der Waals surface area contributed by atoms with Gasteiger partial charge in [0.2, 0.25) is 0 Å². The lowest BCUT2D eigenvalue weighted by atomic mass is 9.96. The van der Waals surface area contributed by atoms with Gasteiger partial charge < -0.3 is 14.6 Å². The molecule has 27 heavy (non-hydrogen) atoms. The van der Waals surface area contributed by atoms with Crippen molar-refractivity contribution in [2.24, 2.45) is 0 Å². The summed E-state index contributed by atoms with van der Waals surface area (Å²) in [5.74, 6) is 1.11. The minimum atomic E-state index is -0.112. The van der Waals surface area contributed by atoms with Gasteiger partial charge in [0.05, 0.1) is 23.3 Å². The van der Waals surface area contributed by atoms with Gasteiger partial charge in [0.25, 0.3) is 5.91 Å². The number of imidazole rings is 1. The van der Waals surface area contributed by atoms with Crippen LogP contribution in [0, 0.1) is 6.92 Å². The number of phenols is 1. The second kappa shape index (κ2) is 7.52. The highest BCUT2D eigenvalue weighted by molar-refractivity contribution is 7.07. The minimum Gasteiger partial charge on any atom is -0.507 e. The van der Waals surface area contributed by atoms with E-state index in [1.165, 1.54) is 0 Å². The Morgan fingerprint density at radius 2 is 2.26 bits per heavy atom. The molecule has 3 heterocycles. The molecule has 140 valence electrons. The molecular formula is C20H22N4O2S. The summed E-state index contributed by atoms with van der Waals surface area (Å²) in [6.45, 7) is 3.93. The van der Waals surface area contributed by atoms with Gasteiger partial charge in [0, 0.05) is 36.8 Å². The number of phenolic OH excluding ortho intramolecular Hbond substituents is 1.